The lowest BCUT2D eigenvalue weighted by molar-refractivity contribution is -0.135. The summed E-state index contributed by atoms with van der Waals surface area (Å²) >= 11 is 6.28. The van der Waals surface area contributed by atoms with Gasteiger partial charge in [-0.1, -0.05) is 41.9 Å². The van der Waals surface area contributed by atoms with Crippen molar-refractivity contribution >= 4 is 29.9 Å². The number of carbonyl (C=O) groups excluding carboxylic acids is 1. The third kappa shape index (κ3) is 4.61. The fraction of sp³-hybridized carbons (Fsp3) is 0.381. The van der Waals surface area contributed by atoms with Gasteiger partial charge in [0.2, 0.25) is 5.91 Å². The smallest absolute Gasteiger partial charge is 0.237 e. The summed E-state index contributed by atoms with van der Waals surface area (Å²) in [7, 11) is 0. The van der Waals surface area contributed by atoms with Crippen molar-refractivity contribution < 1.29 is 14.3 Å². The van der Waals surface area contributed by atoms with Crippen LogP contribution in [-0.2, 0) is 9.53 Å². The number of fused-ring (bicyclic) bond motifs is 1. The lowest BCUT2D eigenvalue weighted by Gasteiger charge is -2.33. The molecule has 0 radical (unpaired) electrons. The third-order valence-corrected chi connectivity index (χ3v) is 5.30. The largest absolute Gasteiger partial charge is 0.491 e. The van der Waals surface area contributed by atoms with Gasteiger partial charge >= 0.3 is 0 Å². The van der Waals surface area contributed by atoms with Crippen LogP contribution in [0.3, 0.4) is 0 Å². The van der Waals surface area contributed by atoms with Crippen LogP contribution in [0.1, 0.15) is 17.2 Å². The Hall–Kier alpha value is -1.79. The zero-order valence-corrected chi connectivity index (χ0v) is 17.1. The molecule has 4 rings (SSSR count). The molecule has 1 fully saturated rings. The van der Waals surface area contributed by atoms with Gasteiger partial charge in [-0.2, -0.15) is 0 Å². The Bertz CT molecular complexity index is 797. The number of halogens is 2. The van der Waals surface area contributed by atoms with Crippen LogP contribution in [0.5, 0.6) is 5.75 Å². The summed E-state index contributed by atoms with van der Waals surface area (Å²) in [6.07, 6.45) is 0. The summed E-state index contributed by atoms with van der Waals surface area (Å²) in [5.41, 5.74) is 1.99. The minimum Gasteiger partial charge on any atom is -0.491 e. The first-order valence-corrected chi connectivity index (χ1v) is 9.67. The second-order valence-electron chi connectivity index (χ2n) is 6.82. The van der Waals surface area contributed by atoms with E-state index in [1.54, 1.807) is 0 Å². The first kappa shape index (κ1) is 20.9. The monoisotopic (exact) mass is 422 g/mol. The molecule has 0 spiro atoms. The topological polar surface area (TPSA) is 42.0 Å². The van der Waals surface area contributed by atoms with E-state index >= 15 is 0 Å². The second-order valence-corrected chi connectivity index (χ2v) is 7.26. The number of benzene rings is 2. The molecule has 2 aliphatic rings. The molecule has 1 saturated heterocycles. The lowest BCUT2D eigenvalue weighted by atomic mass is 9.96. The first-order chi connectivity index (χ1) is 13.2. The highest BCUT2D eigenvalue weighted by atomic mass is 35.5. The van der Waals surface area contributed by atoms with Crippen molar-refractivity contribution in [2.24, 2.45) is 0 Å². The molecule has 0 aromatic heterocycles. The van der Waals surface area contributed by atoms with E-state index in [1.807, 2.05) is 41.3 Å². The number of nitrogens with zero attached hydrogens (tertiary/aromatic N) is 2. The Morgan fingerprint density at radius 3 is 2.54 bits per heavy atom. The van der Waals surface area contributed by atoms with E-state index in [9.17, 15) is 4.79 Å². The van der Waals surface area contributed by atoms with Crippen LogP contribution in [-0.4, -0.2) is 61.7 Å². The van der Waals surface area contributed by atoms with Crippen molar-refractivity contribution in [3.05, 3.63) is 64.7 Å². The van der Waals surface area contributed by atoms with Crippen LogP contribution < -0.4 is 4.74 Å². The van der Waals surface area contributed by atoms with Gasteiger partial charge in [-0.25, -0.2) is 0 Å². The Morgan fingerprint density at radius 1 is 1.04 bits per heavy atom. The van der Waals surface area contributed by atoms with Crippen molar-refractivity contribution in [2.75, 3.05) is 46.0 Å². The molecule has 0 saturated carbocycles. The van der Waals surface area contributed by atoms with E-state index in [2.05, 4.69) is 17.0 Å². The maximum Gasteiger partial charge on any atom is 0.237 e. The molecule has 2 aliphatic heterocycles. The highest BCUT2D eigenvalue weighted by Gasteiger charge is 2.32. The van der Waals surface area contributed by atoms with Crippen LogP contribution in [0.15, 0.2) is 48.5 Å². The molecule has 28 heavy (non-hydrogen) atoms. The molecule has 1 atom stereocenters. The zero-order chi connectivity index (χ0) is 18.6. The molecule has 150 valence electrons. The molecule has 0 bridgehead atoms. The van der Waals surface area contributed by atoms with Gasteiger partial charge in [0.15, 0.2) is 0 Å². The van der Waals surface area contributed by atoms with Gasteiger partial charge in [-0.15, -0.1) is 12.4 Å². The average Bonchev–Trinajstić information content (AvgIpc) is 2.88. The fourth-order valence-corrected chi connectivity index (χ4v) is 3.90. The number of hydrogen-bond acceptors (Lipinski definition) is 4. The van der Waals surface area contributed by atoms with E-state index in [1.165, 1.54) is 0 Å². The van der Waals surface area contributed by atoms with Gasteiger partial charge in [-0.05, 0) is 23.8 Å². The highest BCUT2D eigenvalue weighted by molar-refractivity contribution is 6.30. The van der Waals surface area contributed by atoms with Gasteiger partial charge in [0, 0.05) is 23.7 Å². The van der Waals surface area contributed by atoms with Gasteiger partial charge in [-0.3, -0.25) is 9.69 Å². The molecule has 1 unspecified atom stereocenters. The first-order valence-electron chi connectivity index (χ1n) is 9.29. The molecule has 2 heterocycles. The molecule has 2 aromatic carbocycles. The summed E-state index contributed by atoms with van der Waals surface area (Å²) in [5, 5.41) is 0.640. The lowest BCUT2D eigenvalue weighted by Crippen LogP contribution is -2.46. The van der Waals surface area contributed by atoms with E-state index in [-0.39, 0.29) is 24.4 Å². The van der Waals surface area contributed by atoms with Crippen molar-refractivity contribution in [3.8, 4) is 5.75 Å². The van der Waals surface area contributed by atoms with Crippen molar-refractivity contribution in [1.29, 1.82) is 0 Å². The molecule has 0 aliphatic carbocycles. The highest BCUT2D eigenvalue weighted by Crippen LogP contribution is 2.38. The Balaban J connectivity index is 0.00000225. The van der Waals surface area contributed by atoms with Gasteiger partial charge in [0.1, 0.15) is 12.4 Å². The fourth-order valence-electron chi connectivity index (χ4n) is 3.72. The van der Waals surface area contributed by atoms with Crippen molar-refractivity contribution in [2.45, 2.75) is 6.04 Å². The predicted octanol–water partition coefficient (Wildman–Crippen LogP) is 3.40. The molecular formula is C21H24Cl2N2O3. The normalized spacial score (nSPS) is 19.8. The number of hydrogen-bond donors (Lipinski definition) is 0. The Kier molecular flexibility index (Phi) is 7.18. The molecular weight excluding hydrogens is 399 g/mol. The van der Waals surface area contributed by atoms with Crippen molar-refractivity contribution in [3.63, 3.8) is 0 Å². The summed E-state index contributed by atoms with van der Waals surface area (Å²) in [5.74, 6) is 0.886. The Morgan fingerprint density at radius 2 is 1.79 bits per heavy atom. The average molecular weight is 423 g/mol. The number of carbonyl (C=O) groups is 1. The summed E-state index contributed by atoms with van der Waals surface area (Å²) in [4.78, 5) is 17.3. The van der Waals surface area contributed by atoms with Crippen LogP contribution in [0.25, 0.3) is 0 Å². The van der Waals surface area contributed by atoms with Gasteiger partial charge in [0.05, 0.1) is 32.3 Å². The molecule has 7 heteroatoms. The van der Waals surface area contributed by atoms with E-state index in [0.717, 1.165) is 30.0 Å². The number of amides is 1. The molecule has 0 N–H and O–H groups in total. The van der Waals surface area contributed by atoms with Crippen LogP contribution in [0, 0.1) is 0 Å². The Labute approximate surface area is 176 Å². The van der Waals surface area contributed by atoms with Gasteiger partial charge < -0.3 is 14.4 Å². The maximum atomic E-state index is 13.3. The summed E-state index contributed by atoms with van der Waals surface area (Å²) < 4.78 is 11.3. The maximum absolute atomic E-state index is 13.3. The second kappa shape index (κ2) is 9.61. The van der Waals surface area contributed by atoms with Crippen molar-refractivity contribution in [1.82, 2.24) is 9.80 Å². The minimum atomic E-state index is -0.212. The van der Waals surface area contributed by atoms with E-state index in [0.29, 0.717) is 37.9 Å². The van der Waals surface area contributed by atoms with E-state index < -0.39 is 0 Å². The SMILES string of the molecule is Cl.O=C(CN1CCOCC1)N1CCOc2ccc(Cl)cc2C1c1ccccc1. The van der Waals surface area contributed by atoms with E-state index in [4.69, 9.17) is 21.1 Å². The number of ether oxygens (including phenoxy) is 2. The van der Waals surface area contributed by atoms with Crippen LogP contribution >= 0.6 is 24.0 Å². The molecule has 5 nitrogen and oxygen atoms in total. The summed E-state index contributed by atoms with van der Waals surface area (Å²) in [6.45, 7) is 4.32. The van der Waals surface area contributed by atoms with Crippen LogP contribution in [0.2, 0.25) is 5.02 Å². The molecule has 1 amide bonds. The zero-order valence-electron chi connectivity index (χ0n) is 15.6. The minimum absolute atomic E-state index is 0. The quantitative estimate of drug-likeness (QED) is 0.759. The number of morpholine rings is 1. The molecule has 2 aromatic rings. The third-order valence-electron chi connectivity index (χ3n) is 5.07. The summed E-state index contributed by atoms with van der Waals surface area (Å²) in [6, 6.07) is 15.5. The standard InChI is InChI=1S/C21H23ClN2O3.ClH/c22-17-6-7-19-18(14-17)21(16-4-2-1-3-5-16)24(10-13-27-19)20(25)15-23-8-11-26-12-9-23;/h1-7,14,21H,8-13,15H2;1H. The number of rotatable bonds is 3. The predicted molar refractivity (Wildman–Crippen MR) is 111 cm³/mol. The van der Waals surface area contributed by atoms with Crippen LogP contribution in [0.4, 0.5) is 0 Å². The van der Waals surface area contributed by atoms with Gasteiger partial charge in [0.25, 0.3) is 0 Å².